The lowest BCUT2D eigenvalue weighted by atomic mass is 9.92. The van der Waals surface area contributed by atoms with Gasteiger partial charge in [-0.15, -0.1) is 17.5 Å². The highest BCUT2D eigenvalue weighted by atomic mass is 35.5. The number of nitrogens with zero attached hydrogens (tertiary/aromatic N) is 4. The van der Waals surface area contributed by atoms with E-state index in [-0.39, 0.29) is 24.2 Å². The van der Waals surface area contributed by atoms with Gasteiger partial charge in [-0.1, -0.05) is 0 Å². The Bertz CT molecular complexity index is 807. The zero-order chi connectivity index (χ0) is 18.1. The fourth-order valence-corrected chi connectivity index (χ4v) is 3.51. The molecule has 0 radical (unpaired) electrons. The quantitative estimate of drug-likeness (QED) is 0.810. The summed E-state index contributed by atoms with van der Waals surface area (Å²) < 4.78 is 7.20. The van der Waals surface area contributed by atoms with Crippen molar-refractivity contribution in [1.82, 2.24) is 25.5 Å². The molecule has 146 valence electrons. The molecule has 9 heteroatoms. The van der Waals surface area contributed by atoms with Crippen LogP contribution in [0, 0.1) is 5.92 Å². The van der Waals surface area contributed by atoms with E-state index in [9.17, 15) is 4.79 Å². The van der Waals surface area contributed by atoms with Gasteiger partial charge in [0.15, 0.2) is 5.82 Å². The van der Waals surface area contributed by atoms with Crippen LogP contribution in [0.5, 0.6) is 5.75 Å². The van der Waals surface area contributed by atoms with E-state index in [1.54, 1.807) is 11.8 Å². The van der Waals surface area contributed by atoms with Gasteiger partial charge in [-0.05, 0) is 67.8 Å². The number of methoxy groups -OCH3 is 1. The first kappa shape index (κ1) is 19.6. The van der Waals surface area contributed by atoms with Crippen molar-refractivity contribution in [3.63, 3.8) is 0 Å². The van der Waals surface area contributed by atoms with E-state index in [0.29, 0.717) is 17.7 Å². The van der Waals surface area contributed by atoms with Crippen LogP contribution in [0.15, 0.2) is 18.2 Å². The van der Waals surface area contributed by atoms with Gasteiger partial charge in [0.1, 0.15) is 11.4 Å². The number of benzene rings is 1. The van der Waals surface area contributed by atoms with Crippen LogP contribution in [-0.2, 0) is 4.79 Å². The van der Waals surface area contributed by atoms with Gasteiger partial charge in [0.25, 0.3) is 0 Å². The SMILES string of the molecule is COc1ccc(NC(=O)[C@H]2CCN[C@@H](C)C2)cc1-n1nnnc1C1CC1.Cl. The molecule has 1 amide bonds. The smallest absolute Gasteiger partial charge is 0.227 e. The van der Waals surface area contributed by atoms with Crippen molar-refractivity contribution >= 4 is 24.0 Å². The van der Waals surface area contributed by atoms with Gasteiger partial charge >= 0.3 is 0 Å². The molecule has 1 aromatic carbocycles. The third-order valence-corrected chi connectivity index (χ3v) is 5.11. The number of nitrogens with one attached hydrogen (secondary N) is 2. The van der Waals surface area contributed by atoms with Crippen molar-refractivity contribution in [2.45, 2.75) is 44.6 Å². The molecule has 2 atom stereocenters. The first-order chi connectivity index (χ1) is 12.7. The molecule has 2 aromatic rings. The number of piperidine rings is 1. The summed E-state index contributed by atoms with van der Waals surface area (Å²) in [5.74, 6) is 2.02. The maximum Gasteiger partial charge on any atom is 0.227 e. The number of amides is 1. The second-order valence-electron chi connectivity index (χ2n) is 7.18. The van der Waals surface area contributed by atoms with E-state index in [1.807, 2.05) is 18.2 Å². The van der Waals surface area contributed by atoms with Gasteiger partial charge in [-0.3, -0.25) is 4.79 Å². The summed E-state index contributed by atoms with van der Waals surface area (Å²) in [5.41, 5.74) is 1.48. The summed E-state index contributed by atoms with van der Waals surface area (Å²) in [5, 5.41) is 18.5. The number of tetrazole rings is 1. The highest BCUT2D eigenvalue weighted by Crippen LogP contribution is 2.40. The lowest BCUT2D eigenvalue weighted by molar-refractivity contribution is -0.120. The number of hydrogen-bond acceptors (Lipinski definition) is 6. The number of hydrogen-bond donors (Lipinski definition) is 2. The summed E-state index contributed by atoms with van der Waals surface area (Å²) in [4.78, 5) is 12.6. The average molecular weight is 393 g/mol. The molecule has 1 aliphatic carbocycles. The molecule has 0 bridgehead atoms. The number of aromatic nitrogens is 4. The molecular weight excluding hydrogens is 368 g/mol. The molecule has 0 spiro atoms. The third kappa shape index (κ3) is 4.22. The second-order valence-corrected chi connectivity index (χ2v) is 7.18. The first-order valence-electron chi connectivity index (χ1n) is 9.16. The van der Waals surface area contributed by atoms with Crippen LogP contribution in [0.25, 0.3) is 5.69 Å². The highest BCUT2D eigenvalue weighted by molar-refractivity contribution is 5.93. The molecule has 1 saturated carbocycles. The molecule has 2 N–H and O–H groups in total. The largest absolute Gasteiger partial charge is 0.494 e. The Labute approximate surface area is 164 Å². The lowest BCUT2D eigenvalue weighted by Gasteiger charge is -2.27. The monoisotopic (exact) mass is 392 g/mol. The van der Waals surface area contributed by atoms with Gasteiger partial charge in [0.2, 0.25) is 5.91 Å². The lowest BCUT2D eigenvalue weighted by Crippen LogP contribution is -2.40. The molecule has 0 unspecified atom stereocenters. The topological polar surface area (TPSA) is 94.0 Å². The minimum atomic E-state index is 0. The van der Waals surface area contributed by atoms with Gasteiger partial charge in [-0.2, -0.15) is 4.68 Å². The number of rotatable bonds is 5. The Hall–Kier alpha value is -2.19. The van der Waals surface area contributed by atoms with Crippen LogP contribution >= 0.6 is 12.4 Å². The van der Waals surface area contributed by atoms with Crippen LogP contribution < -0.4 is 15.4 Å². The third-order valence-electron chi connectivity index (χ3n) is 5.11. The summed E-state index contributed by atoms with van der Waals surface area (Å²) in [6.45, 7) is 2.99. The molecule has 27 heavy (non-hydrogen) atoms. The van der Waals surface area contributed by atoms with E-state index in [0.717, 1.165) is 49.4 Å². The minimum Gasteiger partial charge on any atom is -0.494 e. The van der Waals surface area contributed by atoms with E-state index >= 15 is 0 Å². The van der Waals surface area contributed by atoms with Gasteiger partial charge in [-0.25, -0.2) is 0 Å². The van der Waals surface area contributed by atoms with E-state index in [4.69, 9.17) is 4.74 Å². The predicted molar refractivity (Wildman–Crippen MR) is 104 cm³/mol. The van der Waals surface area contributed by atoms with Crippen molar-refractivity contribution in [2.75, 3.05) is 19.0 Å². The standard InChI is InChI=1S/C18H24N6O2.ClH/c1-11-9-13(7-8-19-11)18(25)20-14-5-6-16(26-2)15(10-14)24-17(12-3-4-12)21-22-23-24;/h5-6,10-13,19H,3-4,7-9H2,1-2H3,(H,20,25);1H/t11-,13-;/m0./s1. The molecule has 2 aliphatic rings. The molecule has 8 nitrogen and oxygen atoms in total. The highest BCUT2D eigenvalue weighted by Gasteiger charge is 2.31. The van der Waals surface area contributed by atoms with Gasteiger partial charge < -0.3 is 15.4 Å². The Kier molecular flexibility index (Phi) is 5.96. The normalized spacial score (nSPS) is 22.0. The summed E-state index contributed by atoms with van der Waals surface area (Å²) >= 11 is 0. The number of halogens is 1. The Morgan fingerprint density at radius 1 is 1.33 bits per heavy atom. The van der Waals surface area contributed by atoms with Crippen LogP contribution in [0.2, 0.25) is 0 Å². The molecule has 1 saturated heterocycles. The zero-order valence-corrected chi connectivity index (χ0v) is 16.3. The number of carbonyl (C=O) groups is 1. The maximum absolute atomic E-state index is 12.6. The number of ether oxygens (including phenoxy) is 1. The first-order valence-corrected chi connectivity index (χ1v) is 9.16. The van der Waals surface area contributed by atoms with Gasteiger partial charge in [0, 0.05) is 23.6 Å². The molecule has 2 fully saturated rings. The van der Waals surface area contributed by atoms with Crippen molar-refractivity contribution in [2.24, 2.45) is 5.92 Å². The molecule has 2 heterocycles. The predicted octanol–water partition coefficient (Wildman–Crippen LogP) is 2.30. The average Bonchev–Trinajstić information content (AvgIpc) is 3.38. The Morgan fingerprint density at radius 3 is 2.85 bits per heavy atom. The van der Waals surface area contributed by atoms with Crippen LogP contribution in [0.1, 0.15) is 44.3 Å². The molecule has 1 aromatic heterocycles. The van der Waals surface area contributed by atoms with Crippen LogP contribution in [0.3, 0.4) is 0 Å². The number of anilines is 1. The van der Waals surface area contributed by atoms with Crippen molar-refractivity contribution in [3.8, 4) is 11.4 Å². The Balaban J connectivity index is 0.00000210. The summed E-state index contributed by atoms with van der Waals surface area (Å²) in [7, 11) is 1.62. The van der Waals surface area contributed by atoms with Crippen LogP contribution in [-0.4, -0.2) is 45.8 Å². The van der Waals surface area contributed by atoms with Gasteiger partial charge in [0.05, 0.1) is 7.11 Å². The molecule has 1 aliphatic heterocycles. The fraction of sp³-hybridized carbons (Fsp3) is 0.556. The molecular formula is C18H25ClN6O2. The summed E-state index contributed by atoms with van der Waals surface area (Å²) in [6.07, 6.45) is 3.92. The number of carbonyl (C=O) groups excluding carboxylic acids is 1. The summed E-state index contributed by atoms with van der Waals surface area (Å²) in [6, 6.07) is 5.94. The van der Waals surface area contributed by atoms with E-state index in [2.05, 4.69) is 33.1 Å². The van der Waals surface area contributed by atoms with E-state index in [1.165, 1.54) is 0 Å². The fourth-order valence-electron chi connectivity index (χ4n) is 3.51. The Morgan fingerprint density at radius 2 is 2.15 bits per heavy atom. The van der Waals surface area contributed by atoms with Crippen molar-refractivity contribution in [3.05, 3.63) is 24.0 Å². The minimum absolute atomic E-state index is 0. The van der Waals surface area contributed by atoms with Crippen molar-refractivity contribution < 1.29 is 9.53 Å². The van der Waals surface area contributed by atoms with Crippen LogP contribution in [0.4, 0.5) is 5.69 Å². The molecule has 4 rings (SSSR count). The maximum atomic E-state index is 12.6. The second kappa shape index (κ2) is 8.22. The van der Waals surface area contributed by atoms with Crippen molar-refractivity contribution in [1.29, 1.82) is 0 Å². The van der Waals surface area contributed by atoms with E-state index < -0.39 is 0 Å². The zero-order valence-electron chi connectivity index (χ0n) is 15.5.